The van der Waals surface area contributed by atoms with Crippen molar-refractivity contribution in [3.63, 3.8) is 0 Å². The van der Waals surface area contributed by atoms with Crippen LogP contribution in [0.3, 0.4) is 0 Å². The maximum absolute atomic E-state index is 6.28. The van der Waals surface area contributed by atoms with Gasteiger partial charge in [-0.3, -0.25) is 5.41 Å². The molecule has 3 N–H and O–H groups in total. The second kappa shape index (κ2) is 9.23. The number of halogens is 1. The summed E-state index contributed by atoms with van der Waals surface area (Å²) in [6, 6.07) is 0. The van der Waals surface area contributed by atoms with Gasteiger partial charge < -0.3 is 5.73 Å². The molecule has 0 amide bonds. The quantitative estimate of drug-likeness (QED) is 0.257. The molecule has 0 radical (unpaired) electrons. The van der Waals surface area contributed by atoms with Crippen molar-refractivity contribution in [3.05, 3.63) is 0 Å². The second-order valence-electron chi connectivity index (χ2n) is 0.683. The Hall–Kier alpha value is 0.760. The molecule has 0 aliphatic heterocycles. The SMILES string of the molecule is CC(=N)N.Cl.[NaH]. The first-order valence-electron chi connectivity index (χ1n) is 1.04. The summed E-state index contributed by atoms with van der Waals surface area (Å²) in [5.74, 6) is 0.167. The average molecular weight is 119 g/mol. The summed E-state index contributed by atoms with van der Waals surface area (Å²) < 4.78 is 0. The molecule has 0 aromatic carbocycles. The summed E-state index contributed by atoms with van der Waals surface area (Å²) in [5, 5.41) is 6.28. The van der Waals surface area contributed by atoms with Crippen LogP contribution in [-0.2, 0) is 0 Å². The summed E-state index contributed by atoms with van der Waals surface area (Å²) in [6.07, 6.45) is 0. The number of hydrogen-bond donors (Lipinski definition) is 2. The molecule has 34 valence electrons. The fourth-order valence-corrected chi connectivity index (χ4v) is 0. The van der Waals surface area contributed by atoms with Crippen LogP contribution in [0.15, 0.2) is 0 Å². The topological polar surface area (TPSA) is 49.9 Å². The third kappa shape index (κ3) is 117. The van der Waals surface area contributed by atoms with E-state index in [4.69, 9.17) is 11.1 Å². The van der Waals surface area contributed by atoms with Gasteiger partial charge in [0.15, 0.2) is 0 Å². The molecule has 0 aliphatic carbocycles. The van der Waals surface area contributed by atoms with Crippen LogP contribution in [0.1, 0.15) is 6.92 Å². The van der Waals surface area contributed by atoms with Crippen molar-refractivity contribution in [2.75, 3.05) is 0 Å². The third-order valence-electron chi connectivity index (χ3n) is 0. The minimum atomic E-state index is 0. The zero-order chi connectivity index (χ0) is 3.58. The van der Waals surface area contributed by atoms with Gasteiger partial charge in [-0.05, 0) is 6.92 Å². The molecule has 0 unspecified atom stereocenters. The van der Waals surface area contributed by atoms with Gasteiger partial charge in [-0.25, -0.2) is 0 Å². The van der Waals surface area contributed by atoms with E-state index >= 15 is 0 Å². The van der Waals surface area contributed by atoms with Crippen molar-refractivity contribution in [2.45, 2.75) is 6.92 Å². The Morgan fingerprint density at radius 3 is 1.67 bits per heavy atom. The van der Waals surface area contributed by atoms with Gasteiger partial charge in [-0.2, -0.15) is 0 Å². The van der Waals surface area contributed by atoms with Crippen LogP contribution in [0.4, 0.5) is 0 Å². The fourth-order valence-electron chi connectivity index (χ4n) is 0. The van der Waals surface area contributed by atoms with Crippen LogP contribution in [0.25, 0.3) is 0 Å². The molecule has 0 spiro atoms. The van der Waals surface area contributed by atoms with Gasteiger partial charge in [0.2, 0.25) is 0 Å². The number of amidine groups is 1. The maximum atomic E-state index is 6.28. The van der Waals surface area contributed by atoms with Crippen molar-refractivity contribution in [1.29, 1.82) is 5.41 Å². The van der Waals surface area contributed by atoms with Crippen molar-refractivity contribution < 1.29 is 0 Å². The molecule has 0 heterocycles. The molecule has 0 atom stereocenters. The van der Waals surface area contributed by atoms with Gasteiger partial charge in [-0.1, -0.05) is 0 Å². The van der Waals surface area contributed by atoms with E-state index < -0.39 is 0 Å². The van der Waals surface area contributed by atoms with Crippen LogP contribution >= 0.6 is 12.4 Å². The third-order valence-corrected chi connectivity index (χ3v) is 0. The molecular weight excluding hydrogens is 110 g/mol. The Bertz CT molecular complexity index is 34.5. The number of nitrogens with two attached hydrogens (primary N) is 1. The number of nitrogens with one attached hydrogen (secondary N) is 1. The van der Waals surface area contributed by atoms with Crippen molar-refractivity contribution in [1.82, 2.24) is 0 Å². The summed E-state index contributed by atoms with van der Waals surface area (Å²) in [7, 11) is 0. The van der Waals surface area contributed by atoms with Crippen LogP contribution in [0.2, 0.25) is 0 Å². The van der Waals surface area contributed by atoms with E-state index in [9.17, 15) is 0 Å². The summed E-state index contributed by atoms with van der Waals surface area (Å²) in [5.41, 5.74) is 4.69. The van der Waals surface area contributed by atoms with E-state index in [2.05, 4.69) is 0 Å². The van der Waals surface area contributed by atoms with Crippen LogP contribution < -0.4 is 5.73 Å². The molecule has 0 fully saturated rings. The zero-order valence-corrected chi connectivity index (χ0v) is 3.80. The van der Waals surface area contributed by atoms with E-state index in [1.165, 1.54) is 6.92 Å². The fraction of sp³-hybridized carbons (Fsp3) is 0.500. The first kappa shape index (κ1) is 15.9. The monoisotopic (exact) mass is 118 g/mol. The standard InChI is InChI=1S/C2H6N2.ClH.Na.H/c1-2(3)4;;;/h1H3,(H3,3,4);1H;;. The Kier molecular flexibility index (Phi) is 24.4. The Morgan fingerprint density at radius 2 is 1.67 bits per heavy atom. The number of hydrogen-bond acceptors (Lipinski definition) is 1. The Morgan fingerprint density at radius 1 is 1.67 bits per heavy atom. The number of rotatable bonds is 0. The molecule has 0 aromatic heterocycles. The summed E-state index contributed by atoms with van der Waals surface area (Å²) >= 11 is 0. The summed E-state index contributed by atoms with van der Waals surface area (Å²) in [6.45, 7) is 1.53. The first-order valence-corrected chi connectivity index (χ1v) is 1.04. The second-order valence-corrected chi connectivity index (χ2v) is 0.683. The Balaban J connectivity index is -0.0000000450. The normalized spacial score (nSPS) is 4.17. The molecule has 0 saturated carbocycles. The van der Waals surface area contributed by atoms with Crippen molar-refractivity contribution in [2.24, 2.45) is 5.73 Å². The first-order chi connectivity index (χ1) is 1.73. The molecule has 0 bridgehead atoms. The minimum absolute atomic E-state index is 0. The van der Waals surface area contributed by atoms with Crippen LogP contribution in [0.5, 0.6) is 0 Å². The van der Waals surface area contributed by atoms with Gasteiger partial charge in [0, 0.05) is 0 Å². The zero-order valence-electron chi connectivity index (χ0n) is 2.99. The molecule has 0 saturated heterocycles. The molecule has 0 aromatic rings. The van der Waals surface area contributed by atoms with E-state index in [-0.39, 0.29) is 47.8 Å². The Labute approximate surface area is 65.7 Å². The molecule has 2 nitrogen and oxygen atoms in total. The van der Waals surface area contributed by atoms with Gasteiger partial charge in [0.1, 0.15) is 0 Å². The molecule has 0 aliphatic rings. The van der Waals surface area contributed by atoms with Crippen LogP contribution in [0, 0.1) is 5.41 Å². The molecule has 4 heteroatoms. The molecule has 0 rings (SSSR count). The van der Waals surface area contributed by atoms with Gasteiger partial charge >= 0.3 is 29.6 Å². The van der Waals surface area contributed by atoms with E-state index in [0.717, 1.165) is 0 Å². The molecular formula is C2H8ClN2Na. The van der Waals surface area contributed by atoms with Gasteiger partial charge in [0.25, 0.3) is 0 Å². The predicted octanol–water partition coefficient (Wildman–Crippen LogP) is -0.284. The summed E-state index contributed by atoms with van der Waals surface area (Å²) in [4.78, 5) is 0. The van der Waals surface area contributed by atoms with E-state index in [1.54, 1.807) is 0 Å². The van der Waals surface area contributed by atoms with Crippen LogP contribution in [-0.4, -0.2) is 35.4 Å². The van der Waals surface area contributed by atoms with Gasteiger partial charge in [-0.15, -0.1) is 12.4 Å². The average Bonchev–Trinajstić information content (AvgIpc) is 0.811. The van der Waals surface area contributed by atoms with Crippen molar-refractivity contribution in [3.8, 4) is 0 Å². The van der Waals surface area contributed by atoms with E-state index in [0.29, 0.717) is 0 Å². The van der Waals surface area contributed by atoms with Gasteiger partial charge in [0.05, 0.1) is 5.84 Å². The molecule has 6 heavy (non-hydrogen) atoms. The predicted molar refractivity (Wildman–Crippen MR) is 32.0 cm³/mol. The van der Waals surface area contributed by atoms with Crippen molar-refractivity contribution >= 4 is 47.8 Å². The van der Waals surface area contributed by atoms with E-state index in [1.807, 2.05) is 0 Å².